The molecule has 1 heterocycles. The Hall–Kier alpha value is -2.11. The molecule has 156 valence electrons. The highest BCUT2D eigenvalue weighted by Crippen LogP contribution is 2.39. The number of nitrogens with zero attached hydrogens (tertiary/aromatic N) is 1. The summed E-state index contributed by atoms with van der Waals surface area (Å²) >= 11 is 0. The molecule has 2 fully saturated rings. The first-order valence-corrected chi connectivity index (χ1v) is 10.8. The van der Waals surface area contributed by atoms with E-state index in [1.807, 2.05) is 12.1 Å². The molecule has 5 heteroatoms. The smallest absolute Gasteiger partial charge is 0.407 e. The van der Waals surface area contributed by atoms with Crippen LogP contribution < -0.4 is 0 Å². The predicted molar refractivity (Wildman–Crippen MR) is 113 cm³/mol. The molecule has 1 aliphatic carbocycles. The van der Waals surface area contributed by atoms with Crippen LogP contribution in [0, 0.1) is 17.8 Å². The van der Waals surface area contributed by atoms with Gasteiger partial charge in [-0.15, -0.1) is 0 Å². The van der Waals surface area contributed by atoms with E-state index < -0.39 is 6.09 Å². The molecule has 5 nitrogen and oxygen atoms in total. The van der Waals surface area contributed by atoms with E-state index in [2.05, 4.69) is 30.3 Å². The largest absolute Gasteiger partial charge is 0.465 e. The van der Waals surface area contributed by atoms with E-state index in [-0.39, 0.29) is 12.7 Å². The number of ether oxygens (including phenoxy) is 1. The first kappa shape index (κ1) is 20.2. The van der Waals surface area contributed by atoms with Crippen molar-refractivity contribution in [2.45, 2.75) is 44.8 Å². The van der Waals surface area contributed by atoms with Crippen molar-refractivity contribution >= 4 is 16.9 Å². The van der Waals surface area contributed by atoms with Gasteiger partial charge in [0.2, 0.25) is 0 Å². The van der Waals surface area contributed by atoms with Crippen molar-refractivity contribution in [1.82, 2.24) is 4.90 Å². The summed E-state index contributed by atoms with van der Waals surface area (Å²) in [6, 6.07) is 14.7. The summed E-state index contributed by atoms with van der Waals surface area (Å²) in [5.41, 5.74) is 1.12. The SMILES string of the molecule is O=C(O)N1CCC(C2CCC(CO)CC2)C(OCc2ccc3ccccc3c2)C1. The summed E-state index contributed by atoms with van der Waals surface area (Å²) in [4.78, 5) is 13.0. The zero-order valence-electron chi connectivity index (χ0n) is 16.9. The van der Waals surface area contributed by atoms with Crippen molar-refractivity contribution in [3.63, 3.8) is 0 Å². The lowest BCUT2D eigenvalue weighted by Gasteiger charge is -2.43. The first-order valence-electron chi connectivity index (χ1n) is 10.8. The maximum Gasteiger partial charge on any atom is 0.407 e. The highest BCUT2D eigenvalue weighted by atomic mass is 16.5. The minimum Gasteiger partial charge on any atom is -0.465 e. The van der Waals surface area contributed by atoms with E-state index in [0.717, 1.165) is 37.7 Å². The van der Waals surface area contributed by atoms with Crippen LogP contribution >= 0.6 is 0 Å². The lowest BCUT2D eigenvalue weighted by Crippen LogP contribution is -2.49. The van der Waals surface area contributed by atoms with Crippen molar-refractivity contribution in [2.75, 3.05) is 19.7 Å². The molecule has 1 aliphatic heterocycles. The quantitative estimate of drug-likeness (QED) is 0.778. The predicted octanol–water partition coefficient (Wildman–Crippen LogP) is 4.52. The third-order valence-electron chi connectivity index (χ3n) is 6.91. The third-order valence-corrected chi connectivity index (χ3v) is 6.91. The number of fused-ring (bicyclic) bond motifs is 1. The number of carbonyl (C=O) groups is 1. The fourth-order valence-electron chi connectivity index (χ4n) is 5.15. The van der Waals surface area contributed by atoms with Crippen LogP contribution in [0.25, 0.3) is 10.8 Å². The van der Waals surface area contributed by atoms with Gasteiger partial charge in [-0.3, -0.25) is 0 Å². The van der Waals surface area contributed by atoms with Crippen LogP contribution in [0.5, 0.6) is 0 Å². The minimum absolute atomic E-state index is 0.0676. The fraction of sp³-hybridized carbons (Fsp3) is 0.542. The van der Waals surface area contributed by atoms with Gasteiger partial charge in [-0.1, -0.05) is 36.4 Å². The third kappa shape index (κ3) is 4.73. The average molecular weight is 398 g/mol. The molecule has 1 saturated carbocycles. The van der Waals surface area contributed by atoms with Crippen molar-refractivity contribution in [1.29, 1.82) is 0 Å². The summed E-state index contributed by atoms with van der Waals surface area (Å²) in [6.45, 7) is 1.83. The molecule has 0 bridgehead atoms. The maximum atomic E-state index is 11.5. The lowest BCUT2D eigenvalue weighted by atomic mass is 9.72. The molecule has 0 spiro atoms. The molecule has 1 saturated heterocycles. The number of aliphatic hydroxyl groups excluding tert-OH is 1. The normalized spacial score (nSPS) is 27.8. The van der Waals surface area contributed by atoms with Crippen LogP contribution in [0.3, 0.4) is 0 Å². The standard InChI is InChI=1S/C24H31NO4/c26-15-17-5-9-20(10-6-17)22-11-12-25(24(27)28)14-23(22)29-16-18-7-8-19-3-1-2-4-21(19)13-18/h1-4,7-8,13,17,20,22-23,26H,5-6,9-12,14-16H2,(H,27,28). The van der Waals surface area contributed by atoms with Crippen LogP contribution in [0.15, 0.2) is 42.5 Å². The van der Waals surface area contributed by atoms with Gasteiger partial charge in [0.05, 0.1) is 19.3 Å². The van der Waals surface area contributed by atoms with Gasteiger partial charge in [0.1, 0.15) is 0 Å². The van der Waals surface area contributed by atoms with Gasteiger partial charge in [-0.2, -0.15) is 0 Å². The molecule has 2 atom stereocenters. The van der Waals surface area contributed by atoms with Crippen LogP contribution in [0.4, 0.5) is 4.79 Å². The second-order valence-corrected chi connectivity index (χ2v) is 8.68. The highest BCUT2D eigenvalue weighted by Gasteiger charge is 2.38. The second-order valence-electron chi connectivity index (χ2n) is 8.68. The number of likely N-dealkylation sites (tertiary alicyclic amines) is 1. The van der Waals surface area contributed by atoms with Crippen molar-refractivity contribution in [3.05, 3.63) is 48.0 Å². The summed E-state index contributed by atoms with van der Waals surface area (Å²) < 4.78 is 6.36. The topological polar surface area (TPSA) is 70.0 Å². The first-order chi connectivity index (χ1) is 14.1. The Bertz CT molecular complexity index is 830. The summed E-state index contributed by atoms with van der Waals surface area (Å²) in [7, 11) is 0. The molecular weight excluding hydrogens is 366 g/mol. The van der Waals surface area contributed by atoms with E-state index in [1.165, 1.54) is 15.7 Å². The molecule has 2 aliphatic rings. The monoisotopic (exact) mass is 397 g/mol. The van der Waals surface area contributed by atoms with Crippen LogP contribution in [0.1, 0.15) is 37.7 Å². The summed E-state index contributed by atoms with van der Waals surface area (Å²) in [6.07, 6.45) is 4.30. The van der Waals surface area contributed by atoms with E-state index >= 15 is 0 Å². The number of benzene rings is 2. The molecule has 0 aromatic heterocycles. The Morgan fingerprint density at radius 1 is 1.03 bits per heavy atom. The number of piperidine rings is 1. The Balaban J connectivity index is 1.44. The minimum atomic E-state index is -0.855. The fourth-order valence-corrected chi connectivity index (χ4v) is 5.15. The Kier molecular flexibility index (Phi) is 6.36. The van der Waals surface area contributed by atoms with E-state index in [9.17, 15) is 15.0 Å². The van der Waals surface area contributed by atoms with Gasteiger partial charge in [-0.05, 0) is 72.3 Å². The van der Waals surface area contributed by atoms with Gasteiger partial charge < -0.3 is 19.8 Å². The molecule has 2 N–H and O–H groups in total. The van der Waals surface area contributed by atoms with Crippen LogP contribution in [-0.4, -0.2) is 47.0 Å². The Morgan fingerprint density at radius 2 is 1.79 bits per heavy atom. The van der Waals surface area contributed by atoms with Gasteiger partial charge in [-0.25, -0.2) is 4.79 Å². The number of hydrogen-bond donors (Lipinski definition) is 2. The lowest BCUT2D eigenvalue weighted by molar-refractivity contribution is -0.0656. The van der Waals surface area contributed by atoms with Crippen molar-refractivity contribution in [3.8, 4) is 0 Å². The molecule has 2 aromatic rings. The maximum absolute atomic E-state index is 11.5. The summed E-state index contributed by atoms with van der Waals surface area (Å²) in [5, 5.41) is 21.3. The van der Waals surface area contributed by atoms with Gasteiger partial charge in [0, 0.05) is 13.2 Å². The molecule has 4 rings (SSSR count). The van der Waals surface area contributed by atoms with Crippen LogP contribution in [-0.2, 0) is 11.3 Å². The van der Waals surface area contributed by atoms with Gasteiger partial charge >= 0.3 is 6.09 Å². The Labute approximate surface area is 172 Å². The Morgan fingerprint density at radius 3 is 2.52 bits per heavy atom. The van der Waals surface area contributed by atoms with Crippen molar-refractivity contribution < 1.29 is 19.7 Å². The zero-order chi connectivity index (χ0) is 20.2. The van der Waals surface area contributed by atoms with E-state index in [0.29, 0.717) is 37.5 Å². The molecule has 1 amide bonds. The molecule has 0 radical (unpaired) electrons. The number of hydrogen-bond acceptors (Lipinski definition) is 3. The molecule has 29 heavy (non-hydrogen) atoms. The molecule has 2 aromatic carbocycles. The van der Waals surface area contributed by atoms with Crippen molar-refractivity contribution in [2.24, 2.45) is 17.8 Å². The molecular formula is C24H31NO4. The molecule has 2 unspecified atom stereocenters. The zero-order valence-corrected chi connectivity index (χ0v) is 16.9. The summed E-state index contributed by atoms with van der Waals surface area (Å²) in [5.74, 6) is 1.39. The number of amides is 1. The van der Waals surface area contributed by atoms with Crippen LogP contribution in [0.2, 0.25) is 0 Å². The van der Waals surface area contributed by atoms with E-state index in [1.54, 1.807) is 0 Å². The number of aliphatic hydroxyl groups is 1. The average Bonchev–Trinajstić information content (AvgIpc) is 2.77. The number of rotatable bonds is 5. The van der Waals surface area contributed by atoms with Gasteiger partial charge in [0.25, 0.3) is 0 Å². The highest BCUT2D eigenvalue weighted by molar-refractivity contribution is 5.82. The van der Waals surface area contributed by atoms with Gasteiger partial charge in [0.15, 0.2) is 0 Å². The number of carboxylic acid groups (broad SMARTS) is 1. The second kappa shape index (κ2) is 9.14. The van der Waals surface area contributed by atoms with E-state index in [4.69, 9.17) is 4.74 Å².